The van der Waals surface area contributed by atoms with E-state index in [-0.39, 0.29) is 6.54 Å². The number of rotatable bonds is 4. The van der Waals surface area contributed by atoms with Gasteiger partial charge < -0.3 is 21.7 Å². The molecule has 0 radical (unpaired) electrons. The Bertz CT molecular complexity index is 182. The van der Waals surface area contributed by atoms with Crippen LogP contribution in [0.2, 0.25) is 0 Å². The second kappa shape index (κ2) is 8.46. The van der Waals surface area contributed by atoms with Crippen LogP contribution < -0.4 is 11.5 Å². The fourth-order valence-electron chi connectivity index (χ4n) is 0.609. The number of aliphatic carboxylic acids is 2. The molecule has 0 rings (SSSR count). The molecule has 0 aliphatic rings. The van der Waals surface area contributed by atoms with Crippen LogP contribution >= 0.6 is 0 Å². The van der Waals surface area contributed by atoms with Gasteiger partial charge in [0, 0.05) is 0 Å². The summed E-state index contributed by atoms with van der Waals surface area (Å²) in [6.07, 6.45) is 0.551. The van der Waals surface area contributed by atoms with Crippen molar-refractivity contribution in [2.45, 2.75) is 26.3 Å². The molecular formula is C8H18N2O4. The van der Waals surface area contributed by atoms with Crippen molar-refractivity contribution in [3.63, 3.8) is 0 Å². The lowest BCUT2D eigenvalue weighted by atomic mass is 10.1. The standard InChI is InChI=1S/C6H13NO2.C2H5NO2/c1-4(2)3-5(7)6(8)9;3-1-2(4)5/h4-5H,3,7H2,1-2H3,(H,8,9);1,3H2,(H,4,5)/t5-;/m1./s1. The lowest BCUT2D eigenvalue weighted by Gasteiger charge is -2.07. The molecule has 0 aliphatic carbocycles. The van der Waals surface area contributed by atoms with E-state index in [1.54, 1.807) is 0 Å². The molecule has 0 aromatic carbocycles. The van der Waals surface area contributed by atoms with E-state index in [4.69, 9.17) is 15.9 Å². The molecule has 0 fully saturated rings. The van der Waals surface area contributed by atoms with Gasteiger partial charge in [-0.05, 0) is 12.3 Å². The molecule has 0 saturated heterocycles. The zero-order valence-corrected chi connectivity index (χ0v) is 8.43. The van der Waals surface area contributed by atoms with Crippen molar-refractivity contribution >= 4 is 11.9 Å². The summed E-state index contributed by atoms with van der Waals surface area (Å²) >= 11 is 0. The highest BCUT2D eigenvalue weighted by Gasteiger charge is 2.11. The smallest absolute Gasteiger partial charge is 0.320 e. The van der Waals surface area contributed by atoms with Crippen LogP contribution in [0.1, 0.15) is 20.3 Å². The second-order valence-electron chi connectivity index (χ2n) is 3.17. The summed E-state index contributed by atoms with van der Waals surface area (Å²) in [6.45, 7) is 3.62. The number of nitrogens with two attached hydrogens (primary N) is 2. The van der Waals surface area contributed by atoms with Crippen LogP contribution in [0.15, 0.2) is 0 Å². The fraction of sp³-hybridized carbons (Fsp3) is 0.750. The lowest BCUT2D eigenvalue weighted by Crippen LogP contribution is -2.31. The van der Waals surface area contributed by atoms with Gasteiger partial charge in [0.05, 0.1) is 6.54 Å². The Morgan fingerprint density at radius 3 is 1.71 bits per heavy atom. The first-order valence-electron chi connectivity index (χ1n) is 4.21. The average Bonchev–Trinajstić information content (AvgIpc) is 2.04. The summed E-state index contributed by atoms with van der Waals surface area (Å²) in [6, 6.07) is -0.690. The molecule has 6 N–H and O–H groups in total. The summed E-state index contributed by atoms with van der Waals surface area (Å²) in [7, 11) is 0. The van der Waals surface area contributed by atoms with Gasteiger partial charge in [-0.3, -0.25) is 9.59 Å². The Morgan fingerprint density at radius 2 is 1.64 bits per heavy atom. The van der Waals surface area contributed by atoms with Crippen LogP contribution in [0.4, 0.5) is 0 Å². The number of hydrogen-bond acceptors (Lipinski definition) is 4. The predicted molar refractivity (Wildman–Crippen MR) is 51.8 cm³/mol. The summed E-state index contributed by atoms with van der Waals surface area (Å²) < 4.78 is 0. The van der Waals surface area contributed by atoms with Crippen LogP contribution in [-0.2, 0) is 9.59 Å². The van der Waals surface area contributed by atoms with E-state index in [1.807, 2.05) is 13.8 Å². The maximum atomic E-state index is 10.1. The van der Waals surface area contributed by atoms with Crippen molar-refractivity contribution in [2.24, 2.45) is 17.4 Å². The third-order valence-corrected chi connectivity index (χ3v) is 1.22. The molecule has 0 heterocycles. The van der Waals surface area contributed by atoms with Gasteiger partial charge in [-0.15, -0.1) is 0 Å². The molecule has 1 atom stereocenters. The Kier molecular flexibility index (Phi) is 9.27. The molecule has 0 unspecified atom stereocenters. The molecule has 0 saturated carbocycles. The summed E-state index contributed by atoms with van der Waals surface area (Å²) in [5.41, 5.74) is 9.79. The number of carbonyl (C=O) groups is 2. The molecule has 0 aliphatic heterocycles. The van der Waals surface area contributed by atoms with Gasteiger partial charge in [0.15, 0.2) is 0 Å². The topological polar surface area (TPSA) is 127 Å². The highest BCUT2D eigenvalue weighted by molar-refractivity contribution is 5.72. The van der Waals surface area contributed by atoms with E-state index in [2.05, 4.69) is 5.73 Å². The van der Waals surface area contributed by atoms with Gasteiger partial charge in [0.2, 0.25) is 0 Å². The monoisotopic (exact) mass is 206 g/mol. The molecule has 6 heteroatoms. The van der Waals surface area contributed by atoms with Crippen molar-refractivity contribution < 1.29 is 19.8 Å². The van der Waals surface area contributed by atoms with Crippen LogP contribution in [0.25, 0.3) is 0 Å². The fourth-order valence-corrected chi connectivity index (χ4v) is 0.609. The average molecular weight is 206 g/mol. The predicted octanol–water partition coefficient (Wildman–Crippen LogP) is -0.526. The zero-order chi connectivity index (χ0) is 11.7. The Morgan fingerprint density at radius 1 is 1.29 bits per heavy atom. The van der Waals surface area contributed by atoms with Gasteiger partial charge in [0.1, 0.15) is 6.04 Å². The highest BCUT2D eigenvalue weighted by atomic mass is 16.4. The van der Waals surface area contributed by atoms with E-state index >= 15 is 0 Å². The first-order valence-corrected chi connectivity index (χ1v) is 4.21. The molecule has 0 aromatic heterocycles. The maximum Gasteiger partial charge on any atom is 0.320 e. The first kappa shape index (κ1) is 15.3. The maximum absolute atomic E-state index is 10.1. The summed E-state index contributed by atoms with van der Waals surface area (Å²) in [4.78, 5) is 19.4. The minimum absolute atomic E-state index is 0.278. The third-order valence-electron chi connectivity index (χ3n) is 1.22. The van der Waals surface area contributed by atoms with E-state index in [1.165, 1.54) is 0 Å². The molecule has 14 heavy (non-hydrogen) atoms. The minimum Gasteiger partial charge on any atom is -0.480 e. The Labute approximate surface area is 82.9 Å². The number of carboxylic acid groups (broad SMARTS) is 2. The van der Waals surface area contributed by atoms with Crippen molar-refractivity contribution in [1.29, 1.82) is 0 Å². The first-order chi connectivity index (χ1) is 6.31. The van der Waals surface area contributed by atoms with Crippen LogP contribution in [0, 0.1) is 5.92 Å². The van der Waals surface area contributed by atoms with Crippen LogP contribution in [0.5, 0.6) is 0 Å². The molecule has 84 valence electrons. The van der Waals surface area contributed by atoms with Gasteiger partial charge in [-0.1, -0.05) is 13.8 Å². The molecule has 0 bridgehead atoms. The molecule has 6 nitrogen and oxygen atoms in total. The molecular weight excluding hydrogens is 188 g/mol. The SMILES string of the molecule is CC(C)C[C@@H](N)C(=O)O.NCC(=O)O. The Balaban J connectivity index is 0. The molecule has 0 amide bonds. The normalized spacial score (nSPS) is 11.5. The van der Waals surface area contributed by atoms with Gasteiger partial charge in [-0.25, -0.2) is 0 Å². The van der Waals surface area contributed by atoms with Crippen molar-refractivity contribution in [3.05, 3.63) is 0 Å². The third kappa shape index (κ3) is 13.4. The van der Waals surface area contributed by atoms with Crippen LogP contribution in [-0.4, -0.2) is 34.7 Å². The zero-order valence-electron chi connectivity index (χ0n) is 8.43. The minimum atomic E-state index is -0.968. The van der Waals surface area contributed by atoms with E-state index < -0.39 is 18.0 Å². The van der Waals surface area contributed by atoms with Crippen molar-refractivity contribution in [1.82, 2.24) is 0 Å². The van der Waals surface area contributed by atoms with Gasteiger partial charge >= 0.3 is 11.9 Å². The lowest BCUT2D eigenvalue weighted by molar-refractivity contribution is -0.139. The molecule has 0 spiro atoms. The van der Waals surface area contributed by atoms with Crippen molar-refractivity contribution in [2.75, 3.05) is 6.54 Å². The van der Waals surface area contributed by atoms with E-state index in [0.717, 1.165) is 0 Å². The second-order valence-corrected chi connectivity index (χ2v) is 3.17. The largest absolute Gasteiger partial charge is 0.480 e. The Hall–Kier alpha value is -1.14. The van der Waals surface area contributed by atoms with E-state index in [9.17, 15) is 9.59 Å². The van der Waals surface area contributed by atoms with Crippen molar-refractivity contribution in [3.8, 4) is 0 Å². The number of carboxylic acids is 2. The van der Waals surface area contributed by atoms with Gasteiger partial charge in [-0.2, -0.15) is 0 Å². The van der Waals surface area contributed by atoms with E-state index in [0.29, 0.717) is 12.3 Å². The van der Waals surface area contributed by atoms with Gasteiger partial charge in [0.25, 0.3) is 0 Å². The number of hydrogen-bond donors (Lipinski definition) is 4. The highest BCUT2D eigenvalue weighted by Crippen LogP contribution is 2.01. The summed E-state index contributed by atoms with van der Waals surface area (Å²) in [5.74, 6) is -1.52. The van der Waals surface area contributed by atoms with Crippen LogP contribution in [0.3, 0.4) is 0 Å². The summed E-state index contributed by atoms with van der Waals surface area (Å²) in [5, 5.41) is 15.9. The molecule has 0 aromatic rings. The quantitative estimate of drug-likeness (QED) is 0.490.